The van der Waals surface area contributed by atoms with Gasteiger partial charge < -0.3 is 9.55 Å². The van der Waals surface area contributed by atoms with Crippen LogP contribution in [0, 0.1) is 27.7 Å². The van der Waals surface area contributed by atoms with Crippen LogP contribution in [0.2, 0.25) is 0 Å². The smallest absolute Gasteiger partial charge is 0.0258 e. The predicted molar refractivity (Wildman–Crippen MR) is 86.7 cm³/mol. The summed E-state index contributed by atoms with van der Waals surface area (Å²) in [7, 11) is 2.16. The summed E-state index contributed by atoms with van der Waals surface area (Å²) >= 11 is 0. The Balaban J connectivity index is 2.55. The Hall–Kier alpha value is -1.44. The molecule has 1 atom stereocenters. The maximum Gasteiger partial charge on any atom is 0.0258 e. The molecule has 0 aliphatic rings. The average molecular weight is 272 g/mol. The van der Waals surface area contributed by atoms with Crippen LogP contribution in [0.5, 0.6) is 0 Å². The summed E-state index contributed by atoms with van der Waals surface area (Å²) in [5.41, 5.74) is 9.90. The van der Waals surface area contributed by atoms with Gasteiger partial charge in [-0.1, -0.05) is 13.8 Å². The first-order valence-electron chi connectivity index (χ1n) is 7.73. The maximum absolute atomic E-state index is 3.66. The third-order valence-electron chi connectivity index (χ3n) is 4.93. The van der Waals surface area contributed by atoms with Gasteiger partial charge in [0.15, 0.2) is 0 Å². The number of hydrogen-bond donors (Lipinski definition) is 1. The second-order valence-corrected chi connectivity index (χ2v) is 5.97. The highest BCUT2D eigenvalue weighted by Crippen LogP contribution is 2.35. The quantitative estimate of drug-likeness (QED) is 0.833. The van der Waals surface area contributed by atoms with Gasteiger partial charge in [-0.25, -0.2) is 0 Å². The molecule has 0 aliphatic heterocycles. The van der Waals surface area contributed by atoms with Crippen molar-refractivity contribution in [3.8, 4) is 0 Å². The summed E-state index contributed by atoms with van der Waals surface area (Å²) in [5, 5.41) is 0. The van der Waals surface area contributed by atoms with Gasteiger partial charge in [0.2, 0.25) is 0 Å². The summed E-state index contributed by atoms with van der Waals surface area (Å²) < 4.78 is 2.30. The summed E-state index contributed by atoms with van der Waals surface area (Å²) in [5.74, 6) is 0.480. The topological polar surface area (TPSA) is 20.7 Å². The number of rotatable bonds is 4. The zero-order chi connectivity index (χ0) is 15.0. The van der Waals surface area contributed by atoms with Gasteiger partial charge in [-0.2, -0.15) is 0 Å². The molecule has 0 amide bonds. The molecule has 2 rings (SSSR count). The van der Waals surface area contributed by atoms with E-state index < -0.39 is 0 Å². The van der Waals surface area contributed by atoms with Crippen molar-refractivity contribution < 1.29 is 0 Å². The van der Waals surface area contributed by atoms with Crippen molar-refractivity contribution >= 4 is 0 Å². The highest BCUT2D eigenvalue weighted by molar-refractivity contribution is 5.43. The minimum absolute atomic E-state index is 0.480. The zero-order valence-electron chi connectivity index (χ0n) is 14.0. The monoisotopic (exact) mass is 272 g/mol. The van der Waals surface area contributed by atoms with E-state index in [0.29, 0.717) is 5.92 Å². The average Bonchev–Trinajstić information content (AvgIpc) is 2.83. The minimum Gasteiger partial charge on any atom is -0.362 e. The van der Waals surface area contributed by atoms with E-state index in [2.05, 4.69) is 64.2 Å². The molecular weight excluding hydrogens is 244 g/mol. The van der Waals surface area contributed by atoms with Gasteiger partial charge >= 0.3 is 0 Å². The lowest BCUT2D eigenvalue weighted by Gasteiger charge is -2.16. The fourth-order valence-corrected chi connectivity index (χ4v) is 3.51. The second-order valence-electron chi connectivity index (χ2n) is 5.97. The molecular formula is C18H28N2. The fourth-order valence-electron chi connectivity index (χ4n) is 3.51. The third kappa shape index (κ3) is 2.21. The number of hydrogen-bond acceptors (Lipinski definition) is 0. The van der Waals surface area contributed by atoms with Crippen molar-refractivity contribution in [1.82, 2.24) is 9.55 Å². The molecule has 0 saturated heterocycles. The molecule has 110 valence electrons. The normalized spacial score (nSPS) is 12.9. The Morgan fingerprint density at radius 3 is 2.20 bits per heavy atom. The molecule has 0 radical (unpaired) electrons. The van der Waals surface area contributed by atoms with Crippen molar-refractivity contribution in [2.24, 2.45) is 7.05 Å². The highest BCUT2D eigenvalue weighted by atomic mass is 14.9. The maximum atomic E-state index is 3.66. The Bertz CT molecular complexity index is 614. The van der Waals surface area contributed by atoms with Crippen LogP contribution in [-0.4, -0.2) is 9.55 Å². The predicted octanol–water partition coefficient (Wildman–Crippen LogP) is 4.69. The standard InChI is InChI=1S/C18H28N2/c1-8-15-12(4)18(19-13(15)5)16(9-2)17-10-11(3)20(7)14(17)6/h10,16,19H,8-9H2,1-7H3. The van der Waals surface area contributed by atoms with Crippen molar-refractivity contribution in [2.75, 3.05) is 0 Å². The Morgan fingerprint density at radius 1 is 1.15 bits per heavy atom. The lowest BCUT2D eigenvalue weighted by Crippen LogP contribution is -2.04. The third-order valence-corrected chi connectivity index (χ3v) is 4.93. The molecule has 2 nitrogen and oxygen atoms in total. The fraction of sp³-hybridized carbons (Fsp3) is 0.556. The lowest BCUT2D eigenvalue weighted by molar-refractivity contribution is 0.732. The molecule has 2 heteroatoms. The molecule has 2 aromatic rings. The zero-order valence-corrected chi connectivity index (χ0v) is 14.0. The van der Waals surface area contributed by atoms with Crippen LogP contribution in [0.1, 0.15) is 65.7 Å². The van der Waals surface area contributed by atoms with Crippen LogP contribution in [0.15, 0.2) is 6.07 Å². The molecule has 0 bridgehead atoms. The van der Waals surface area contributed by atoms with Gasteiger partial charge in [0.05, 0.1) is 0 Å². The largest absolute Gasteiger partial charge is 0.362 e. The minimum atomic E-state index is 0.480. The second kappa shape index (κ2) is 5.51. The summed E-state index contributed by atoms with van der Waals surface area (Å²) in [6.07, 6.45) is 2.24. The van der Waals surface area contributed by atoms with Crippen LogP contribution in [-0.2, 0) is 13.5 Å². The lowest BCUT2D eigenvalue weighted by atomic mass is 9.90. The molecule has 2 heterocycles. The van der Waals surface area contributed by atoms with Gasteiger partial charge in [-0.05, 0) is 63.3 Å². The number of H-pyrrole nitrogens is 1. The van der Waals surface area contributed by atoms with E-state index in [-0.39, 0.29) is 0 Å². The van der Waals surface area contributed by atoms with Gasteiger partial charge in [-0.15, -0.1) is 0 Å². The van der Waals surface area contributed by atoms with E-state index in [4.69, 9.17) is 0 Å². The van der Waals surface area contributed by atoms with Crippen LogP contribution in [0.25, 0.3) is 0 Å². The van der Waals surface area contributed by atoms with Crippen LogP contribution >= 0.6 is 0 Å². The summed E-state index contributed by atoms with van der Waals surface area (Å²) in [6, 6.07) is 2.35. The van der Waals surface area contributed by atoms with E-state index in [0.717, 1.165) is 12.8 Å². The first kappa shape index (κ1) is 15.0. The van der Waals surface area contributed by atoms with Crippen molar-refractivity contribution in [3.63, 3.8) is 0 Å². The van der Waals surface area contributed by atoms with Gasteiger partial charge in [0.1, 0.15) is 0 Å². The first-order valence-corrected chi connectivity index (χ1v) is 7.73. The Labute approximate surface area is 123 Å². The van der Waals surface area contributed by atoms with E-state index in [1.807, 2.05) is 0 Å². The Kier molecular flexibility index (Phi) is 4.12. The molecule has 1 N–H and O–H groups in total. The van der Waals surface area contributed by atoms with Crippen LogP contribution in [0.3, 0.4) is 0 Å². The van der Waals surface area contributed by atoms with E-state index in [9.17, 15) is 0 Å². The van der Waals surface area contributed by atoms with Crippen LogP contribution in [0.4, 0.5) is 0 Å². The molecule has 0 aliphatic carbocycles. The number of aryl methyl sites for hydroxylation is 2. The van der Waals surface area contributed by atoms with Crippen molar-refractivity contribution in [2.45, 2.75) is 60.3 Å². The molecule has 0 spiro atoms. The van der Waals surface area contributed by atoms with E-state index in [1.54, 1.807) is 0 Å². The summed E-state index contributed by atoms with van der Waals surface area (Å²) in [4.78, 5) is 3.66. The molecule has 1 unspecified atom stereocenters. The van der Waals surface area contributed by atoms with Crippen LogP contribution < -0.4 is 0 Å². The van der Waals surface area contributed by atoms with Gasteiger partial charge in [-0.3, -0.25) is 0 Å². The van der Waals surface area contributed by atoms with Crippen molar-refractivity contribution in [1.29, 1.82) is 0 Å². The number of aromatic nitrogens is 2. The first-order chi connectivity index (χ1) is 9.42. The number of nitrogens with zero attached hydrogens (tertiary/aromatic N) is 1. The molecule has 0 saturated carbocycles. The number of aromatic amines is 1. The van der Waals surface area contributed by atoms with E-state index >= 15 is 0 Å². The Morgan fingerprint density at radius 2 is 1.80 bits per heavy atom. The van der Waals surface area contributed by atoms with Gasteiger partial charge in [0.25, 0.3) is 0 Å². The SMILES string of the molecule is CCc1c(C)[nH]c(C(CC)c2cc(C)n(C)c2C)c1C. The van der Waals surface area contributed by atoms with Gasteiger partial charge in [0, 0.05) is 35.7 Å². The van der Waals surface area contributed by atoms with Crippen molar-refractivity contribution in [3.05, 3.63) is 45.5 Å². The van der Waals surface area contributed by atoms with E-state index in [1.165, 1.54) is 39.5 Å². The summed E-state index contributed by atoms with van der Waals surface area (Å²) in [6.45, 7) is 13.4. The molecule has 0 aromatic carbocycles. The number of nitrogens with one attached hydrogen (secondary N) is 1. The molecule has 0 fully saturated rings. The highest BCUT2D eigenvalue weighted by Gasteiger charge is 2.22. The molecule has 2 aromatic heterocycles. The molecule has 20 heavy (non-hydrogen) atoms.